The molecule has 0 saturated carbocycles. The number of sulfonamides is 1. The highest BCUT2D eigenvalue weighted by Crippen LogP contribution is 2.25. The van der Waals surface area contributed by atoms with Gasteiger partial charge in [0, 0.05) is 13.1 Å². The van der Waals surface area contributed by atoms with E-state index in [0.29, 0.717) is 18.7 Å². The van der Waals surface area contributed by atoms with E-state index in [9.17, 15) is 18.0 Å². The Kier molecular flexibility index (Phi) is 10.1. The highest BCUT2D eigenvalue weighted by molar-refractivity contribution is 7.92. The molecule has 0 aliphatic heterocycles. The van der Waals surface area contributed by atoms with E-state index < -0.39 is 22.0 Å². The van der Waals surface area contributed by atoms with Gasteiger partial charge < -0.3 is 10.2 Å². The Hall–Kier alpha value is -2.87. The van der Waals surface area contributed by atoms with Gasteiger partial charge in [0.25, 0.3) is 0 Å². The zero-order valence-corrected chi connectivity index (χ0v) is 21.7. The van der Waals surface area contributed by atoms with Gasteiger partial charge in [-0.05, 0) is 49.4 Å². The second-order valence-corrected chi connectivity index (χ2v) is 10.5. The third-order valence-electron chi connectivity index (χ3n) is 5.94. The predicted molar refractivity (Wildman–Crippen MR) is 137 cm³/mol. The number of benzene rings is 2. The lowest BCUT2D eigenvalue weighted by atomic mass is 10.1. The number of nitrogens with zero attached hydrogens (tertiary/aromatic N) is 2. The fourth-order valence-electron chi connectivity index (χ4n) is 3.81. The van der Waals surface area contributed by atoms with E-state index >= 15 is 0 Å². The average Bonchev–Trinajstić information content (AvgIpc) is 2.79. The Morgan fingerprint density at radius 3 is 2.26 bits per heavy atom. The predicted octanol–water partition coefficient (Wildman–Crippen LogP) is 3.79. The van der Waals surface area contributed by atoms with E-state index in [0.717, 1.165) is 40.1 Å². The summed E-state index contributed by atoms with van der Waals surface area (Å²) in [6, 6.07) is 14.1. The zero-order chi connectivity index (χ0) is 25.3. The van der Waals surface area contributed by atoms with Gasteiger partial charge in [0.15, 0.2) is 0 Å². The summed E-state index contributed by atoms with van der Waals surface area (Å²) in [5, 5.41) is 2.92. The summed E-state index contributed by atoms with van der Waals surface area (Å²) in [6.07, 6.45) is 3.31. The highest BCUT2D eigenvalue weighted by Gasteiger charge is 2.32. The van der Waals surface area contributed by atoms with Crippen molar-refractivity contribution >= 4 is 27.5 Å². The van der Waals surface area contributed by atoms with Crippen LogP contribution in [0, 0.1) is 13.8 Å². The summed E-state index contributed by atoms with van der Waals surface area (Å²) < 4.78 is 26.6. The molecule has 1 N–H and O–H groups in total. The third kappa shape index (κ3) is 7.32. The van der Waals surface area contributed by atoms with Crippen LogP contribution in [-0.4, -0.2) is 50.5 Å². The maximum Gasteiger partial charge on any atom is 0.244 e. The number of amides is 2. The van der Waals surface area contributed by atoms with Crippen molar-refractivity contribution in [2.45, 2.75) is 59.5 Å². The number of hydrogen-bond acceptors (Lipinski definition) is 4. The molecule has 7 nitrogen and oxygen atoms in total. The first-order valence-electron chi connectivity index (χ1n) is 11.7. The number of anilines is 1. The summed E-state index contributed by atoms with van der Waals surface area (Å²) in [4.78, 5) is 28.1. The summed E-state index contributed by atoms with van der Waals surface area (Å²) in [6.45, 7) is 8.01. The van der Waals surface area contributed by atoms with E-state index in [1.165, 1.54) is 4.90 Å². The van der Waals surface area contributed by atoms with Crippen molar-refractivity contribution in [3.05, 3.63) is 65.2 Å². The Balaban J connectivity index is 2.42. The molecule has 0 radical (unpaired) electrons. The van der Waals surface area contributed by atoms with Crippen molar-refractivity contribution in [1.29, 1.82) is 0 Å². The van der Waals surface area contributed by atoms with Gasteiger partial charge in [0.1, 0.15) is 12.6 Å². The van der Waals surface area contributed by atoms with Crippen LogP contribution in [0.5, 0.6) is 0 Å². The molecule has 1 atom stereocenters. The molecule has 0 saturated heterocycles. The third-order valence-corrected chi connectivity index (χ3v) is 7.06. The largest absolute Gasteiger partial charge is 0.354 e. The Bertz CT molecular complexity index is 1070. The van der Waals surface area contributed by atoms with Crippen LogP contribution in [0.4, 0.5) is 5.69 Å². The Labute approximate surface area is 204 Å². The van der Waals surface area contributed by atoms with Crippen LogP contribution in [0.15, 0.2) is 48.5 Å². The van der Waals surface area contributed by atoms with E-state index in [-0.39, 0.29) is 19.0 Å². The molecule has 0 spiro atoms. The number of unbranched alkanes of at least 4 members (excludes halogenated alkanes) is 1. The number of aryl methyl sites for hydroxylation is 1. The van der Waals surface area contributed by atoms with Gasteiger partial charge in [-0.2, -0.15) is 0 Å². The van der Waals surface area contributed by atoms with Crippen LogP contribution in [0.2, 0.25) is 0 Å². The lowest BCUT2D eigenvalue weighted by Gasteiger charge is -2.33. The minimum absolute atomic E-state index is 0.212. The molecule has 0 aliphatic rings. The molecule has 0 unspecified atom stereocenters. The topological polar surface area (TPSA) is 86.8 Å². The van der Waals surface area contributed by atoms with Crippen LogP contribution in [0.3, 0.4) is 0 Å². The first-order chi connectivity index (χ1) is 16.1. The number of carbonyl (C=O) groups is 2. The molecule has 34 heavy (non-hydrogen) atoms. The molecule has 0 bridgehead atoms. The van der Waals surface area contributed by atoms with Gasteiger partial charge in [0.2, 0.25) is 21.8 Å². The first-order valence-corrected chi connectivity index (χ1v) is 13.6. The standard InChI is InChI=1S/C26H37N3O4S/c1-6-8-17-27-26(31)23(7-2)28(18-22-14-10-9-11-15-22)25(30)19-29(34(5,32)33)24-16-12-13-20(3)21(24)4/h9-16,23H,6-8,17-19H2,1-5H3,(H,27,31)/t23-/m0/s1. The second kappa shape index (κ2) is 12.6. The smallest absolute Gasteiger partial charge is 0.244 e. The first kappa shape index (κ1) is 27.4. The lowest BCUT2D eigenvalue weighted by molar-refractivity contribution is -0.140. The second-order valence-electron chi connectivity index (χ2n) is 8.56. The maximum absolute atomic E-state index is 13.6. The van der Waals surface area contributed by atoms with Crippen molar-refractivity contribution in [3.8, 4) is 0 Å². The van der Waals surface area contributed by atoms with Crippen LogP contribution in [-0.2, 0) is 26.2 Å². The molecule has 2 aromatic rings. The fourth-order valence-corrected chi connectivity index (χ4v) is 4.71. The van der Waals surface area contributed by atoms with E-state index in [1.807, 2.05) is 64.1 Å². The van der Waals surface area contributed by atoms with Gasteiger partial charge in [0.05, 0.1) is 11.9 Å². The van der Waals surface area contributed by atoms with Gasteiger partial charge in [-0.1, -0.05) is 62.7 Å². The highest BCUT2D eigenvalue weighted by atomic mass is 32.2. The maximum atomic E-state index is 13.6. The summed E-state index contributed by atoms with van der Waals surface area (Å²) in [7, 11) is -3.74. The van der Waals surface area contributed by atoms with Crippen molar-refractivity contribution in [2.24, 2.45) is 0 Å². The van der Waals surface area contributed by atoms with E-state index in [1.54, 1.807) is 12.1 Å². The molecule has 0 aromatic heterocycles. The van der Waals surface area contributed by atoms with Crippen molar-refractivity contribution in [1.82, 2.24) is 10.2 Å². The van der Waals surface area contributed by atoms with Crippen LogP contribution in [0.25, 0.3) is 0 Å². The molecule has 0 fully saturated rings. The molecule has 186 valence electrons. The number of nitrogens with one attached hydrogen (secondary N) is 1. The van der Waals surface area contributed by atoms with Gasteiger partial charge in [-0.25, -0.2) is 8.42 Å². The molecule has 0 heterocycles. The van der Waals surface area contributed by atoms with Crippen LogP contribution in [0.1, 0.15) is 49.8 Å². The SMILES string of the molecule is CCCCNC(=O)[C@H](CC)N(Cc1ccccc1)C(=O)CN(c1cccc(C)c1C)S(C)(=O)=O. The zero-order valence-electron chi connectivity index (χ0n) is 20.9. The fraction of sp³-hybridized carbons (Fsp3) is 0.462. The van der Waals surface area contributed by atoms with Gasteiger partial charge in [-0.3, -0.25) is 13.9 Å². The van der Waals surface area contributed by atoms with Crippen LogP contribution >= 0.6 is 0 Å². The molecular weight excluding hydrogens is 450 g/mol. The molecule has 2 rings (SSSR count). The minimum Gasteiger partial charge on any atom is -0.354 e. The van der Waals surface area contributed by atoms with Crippen molar-refractivity contribution < 1.29 is 18.0 Å². The molecule has 2 amide bonds. The van der Waals surface area contributed by atoms with Crippen molar-refractivity contribution in [2.75, 3.05) is 23.7 Å². The molecule has 8 heteroatoms. The molecule has 2 aromatic carbocycles. The molecule has 0 aliphatic carbocycles. The summed E-state index contributed by atoms with van der Waals surface area (Å²) in [5.41, 5.74) is 3.06. The molecular formula is C26H37N3O4S. The Morgan fingerprint density at radius 1 is 1.00 bits per heavy atom. The average molecular weight is 488 g/mol. The minimum atomic E-state index is -3.74. The Morgan fingerprint density at radius 2 is 1.68 bits per heavy atom. The van der Waals surface area contributed by atoms with Crippen LogP contribution < -0.4 is 9.62 Å². The summed E-state index contributed by atoms with van der Waals surface area (Å²) >= 11 is 0. The summed E-state index contributed by atoms with van der Waals surface area (Å²) in [5.74, 6) is -0.648. The van der Waals surface area contributed by atoms with Crippen molar-refractivity contribution in [3.63, 3.8) is 0 Å². The van der Waals surface area contributed by atoms with E-state index in [4.69, 9.17) is 0 Å². The number of carbonyl (C=O) groups excluding carboxylic acids is 2. The monoisotopic (exact) mass is 487 g/mol. The van der Waals surface area contributed by atoms with Gasteiger partial charge in [-0.15, -0.1) is 0 Å². The van der Waals surface area contributed by atoms with Gasteiger partial charge >= 0.3 is 0 Å². The lowest BCUT2D eigenvalue weighted by Crippen LogP contribution is -2.52. The quantitative estimate of drug-likeness (QED) is 0.462. The normalized spacial score (nSPS) is 12.1. The number of hydrogen-bond donors (Lipinski definition) is 1. The number of rotatable bonds is 12. The van der Waals surface area contributed by atoms with E-state index in [2.05, 4.69) is 5.32 Å².